The van der Waals surface area contributed by atoms with Gasteiger partial charge in [0.25, 0.3) is 0 Å². The van der Waals surface area contributed by atoms with Crippen LogP contribution in [0.1, 0.15) is 32.6 Å². The van der Waals surface area contributed by atoms with E-state index < -0.39 is 11.4 Å². The SMILES string of the molecule is CC1(C(=O)O)CCCCC1NC(=O)C1CSCCN1. The van der Waals surface area contributed by atoms with E-state index in [9.17, 15) is 14.7 Å². The van der Waals surface area contributed by atoms with Gasteiger partial charge in [0.05, 0.1) is 11.5 Å². The molecule has 19 heavy (non-hydrogen) atoms. The highest BCUT2D eigenvalue weighted by atomic mass is 32.2. The first-order valence-corrected chi connectivity index (χ1v) is 8.04. The van der Waals surface area contributed by atoms with Crippen LogP contribution in [0.4, 0.5) is 0 Å². The molecule has 3 N–H and O–H groups in total. The minimum absolute atomic E-state index is 0.0495. The van der Waals surface area contributed by atoms with Crippen LogP contribution in [0.2, 0.25) is 0 Å². The van der Waals surface area contributed by atoms with Gasteiger partial charge in [-0.1, -0.05) is 12.8 Å². The van der Waals surface area contributed by atoms with Gasteiger partial charge in [0.15, 0.2) is 0 Å². The number of hydrogen-bond acceptors (Lipinski definition) is 4. The lowest BCUT2D eigenvalue weighted by atomic mass is 9.71. The smallest absolute Gasteiger partial charge is 0.311 e. The van der Waals surface area contributed by atoms with Gasteiger partial charge in [-0.2, -0.15) is 11.8 Å². The molecular formula is C13H22N2O3S. The van der Waals surface area contributed by atoms with E-state index >= 15 is 0 Å². The molecule has 0 aromatic carbocycles. The summed E-state index contributed by atoms with van der Waals surface area (Å²) in [7, 11) is 0. The van der Waals surface area contributed by atoms with Crippen molar-refractivity contribution in [3.8, 4) is 0 Å². The summed E-state index contributed by atoms with van der Waals surface area (Å²) in [5.74, 6) is 0.942. The van der Waals surface area contributed by atoms with Crippen LogP contribution in [0.3, 0.4) is 0 Å². The normalized spacial score (nSPS) is 35.6. The summed E-state index contributed by atoms with van der Waals surface area (Å²) in [5.41, 5.74) is -0.824. The number of hydrogen-bond donors (Lipinski definition) is 3. The van der Waals surface area contributed by atoms with E-state index in [4.69, 9.17) is 0 Å². The maximum atomic E-state index is 12.2. The number of nitrogens with one attached hydrogen (secondary N) is 2. The lowest BCUT2D eigenvalue weighted by Gasteiger charge is -2.39. The number of aliphatic carboxylic acids is 1. The maximum Gasteiger partial charge on any atom is 0.311 e. The van der Waals surface area contributed by atoms with Gasteiger partial charge in [0.2, 0.25) is 5.91 Å². The molecule has 0 aromatic heterocycles. The van der Waals surface area contributed by atoms with Crippen LogP contribution in [0.5, 0.6) is 0 Å². The highest BCUT2D eigenvalue weighted by Crippen LogP contribution is 2.36. The molecule has 0 bridgehead atoms. The van der Waals surface area contributed by atoms with Crippen molar-refractivity contribution in [3.05, 3.63) is 0 Å². The van der Waals surface area contributed by atoms with Crippen molar-refractivity contribution in [1.29, 1.82) is 0 Å². The Labute approximate surface area is 117 Å². The van der Waals surface area contributed by atoms with Crippen LogP contribution >= 0.6 is 11.8 Å². The van der Waals surface area contributed by atoms with Crippen molar-refractivity contribution in [2.75, 3.05) is 18.1 Å². The van der Waals surface area contributed by atoms with E-state index in [1.807, 2.05) is 0 Å². The van der Waals surface area contributed by atoms with Crippen LogP contribution in [0, 0.1) is 5.41 Å². The highest BCUT2D eigenvalue weighted by molar-refractivity contribution is 7.99. The summed E-state index contributed by atoms with van der Waals surface area (Å²) in [6.45, 7) is 2.59. The Morgan fingerprint density at radius 3 is 2.84 bits per heavy atom. The Hall–Kier alpha value is -0.750. The van der Waals surface area contributed by atoms with E-state index in [0.717, 1.165) is 37.3 Å². The van der Waals surface area contributed by atoms with E-state index in [-0.39, 0.29) is 18.0 Å². The fourth-order valence-electron chi connectivity index (χ4n) is 2.83. The van der Waals surface area contributed by atoms with Crippen molar-refractivity contribution < 1.29 is 14.7 Å². The first-order chi connectivity index (χ1) is 9.04. The summed E-state index contributed by atoms with van der Waals surface area (Å²) >= 11 is 1.76. The molecule has 1 aliphatic heterocycles. The van der Waals surface area contributed by atoms with E-state index in [2.05, 4.69) is 10.6 Å². The molecule has 1 heterocycles. The van der Waals surface area contributed by atoms with Crippen LogP contribution in [-0.2, 0) is 9.59 Å². The minimum Gasteiger partial charge on any atom is -0.481 e. The number of amides is 1. The molecule has 108 valence electrons. The molecule has 0 spiro atoms. The topological polar surface area (TPSA) is 78.4 Å². The molecule has 3 atom stereocenters. The number of carbonyl (C=O) groups excluding carboxylic acids is 1. The van der Waals surface area contributed by atoms with Crippen molar-refractivity contribution in [2.45, 2.75) is 44.7 Å². The minimum atomic E-state index is -0.824. The van der Waals surface area contributed by atoms with Gasteiger partial charge in [0, 0.05) is 24.1 Å². The lowest BCUT2D eigenvalue weighted by molar-refractivity contribution is -0.152. The van der Waals surface area contributed by atoms with Crippen LogP contribution in [0.15, 0.2) is 0 Å². The zero-order valence-corrected chi connectivity index (χ0v) is 12.1. The van der Waals surface area contributed by atoms with Gasteiger partial charge < -0.3 is 15.7 Å². The third-order valence-corrected chi connectivity index (χ3v) is 5.31. The second-order valence-corrected chi connectivity index (χ2v) is 6.76. The van der Waals surface area contributed by atoms with Crippen molar-refractivity contribution in [1.82, 2.24) is 10.6 Å². The van der Waals surface area contributed by atoms with E-state index in [1.54, 1.807) is 18.7 Å². The molecule has 2 rings (SSSR count). The number of carbonyl (C=O) groups is 2. The Bertz CT molecular complexity index is 358. The molecule has 2 aliphatic rings. The first-order valence-electron chi connectivity index (χ1n) is 6.89. The number of carboxylic acid groups (broad SMARTS) is 1. The molecule has 1 saturated heterocycles. The molecule has 1 aliphatic carbocycles. The summed E-state index contributed by atoms with van der Waals surface area (Å²) in [6.07, 6.45) is 3.31. The molecule has 1 saturated carbocycles. The van der Waals surface area contributed by atoms with Crippen LogP contribution < -0.4 is 10.6 Å². The summed E-state index contributed by atoms with van der Waals surface area (Å²) in [4.78, 5) is 23.7. The third kappa shape index (κ3) is 3.23. The molecule has 6 heteroatoms. The van der Waals surface area contributed by atoms with Crippen molar-refractivity contribution in [2.24, 2.45) is 5.41 Å². The molecular weight excluding hydrogens is 264 g/mol. The summed E-state index contributed by atoms with van der Waals surface area (Å²) in [6, 6.07) is -0.432. The Balaban J connectivity index is 1.99. The van der Waals surface area contributed by atoms with Gasteiger partial charge in [-0.05, 0) is 19.8 Å². The van der Waals surface area contributed by atoms with E-state index in [1.165, 1.54) is 0 Å². The van der Waals surface area contributed by atoms with E-state index in [0.29, 0.717) is 6.42 Å². The zero-order valence-electron chi connectivity index (χ0n) is 11.3. The van der Waals surface area contributed by atoms with Crippen LogP contribution in [-0.4, -0.2) is 47.1 Å². The van der Waals surface area contributed by atoms with Gasteiger partial charge >= 0.3 is 5.97 Å². The molecule has 3 unspecified atom stereocenters. The standard InChI is InChI=1S/C13H22N2O3S/c1-13(12(17)18)5-3-2-4-10(13)15-11(16)9-8-19-7-6-14-9/h9-10,14H,2-8H2,1H3,(H,15,16)(H,17,18). The molecule has 1 amide bonds. The number of rotatable bonds is 3. The third-order valence-electron chi connectivity index (χ3n) is 4.25. The summed E-state index contributed by atoms with van der Waals surface area (Å²) < 4.78 is 0. The first kappa shape index (κ1) is 14.7. The molecule has 2 fully saturated rings. The highest BCUT2D eigenvalue weighted by Gasteiger charge is 2.44. The molecule has 0 radical (unpaired) electrons. The predicted molar refractivity (Wildman–Crippen MR) is 75.3 cm³/mol. The van der Waals surface area contributed by atoms with Crippen molar-refractivity contribution in [3.63, 3.8) is 0 Å². The Morgan fingerprint density at radius 1 is 1.42 bits per heavy atom. The van der Waals surface area contributed by atoms with Gasteiger partial charge in [0.1, 0.15) is 0 Å². The number of carboxylic acids is 1. The average molecular weight is 286 g/mol. The Kier molecular flexibility index (Phi) is 4.73. The second kappa shape index (κ2) is 6.13. The summed E-state index contributed by atoms with van der Waals surface area (Å²) in [5, 5.41) is 15.6. The maximum absolute atomic E-state index is 12.2. The van der Waals surface area contributed by atoms with Crippen molar-refractivity contribution >= 4 is 23.6 Å². The number of thioether (sulfide) groups is 1. The quantitative estimate of drug-likeness (QED) is 0.716. The monoisotopic (exact) mass is 286 g/mol. The molecule has 5 nitrogen and oxygen atoms in total. The Morgan fingerprint density at radius 2 is 2.21 bits per heavy atom. The largest absolute Gasteiger partial charge is 0.481 e. The fraction of sp³-hybridized carbons (Fsp3) is 0.846. The lowest BCUT2D eigenvalue weighted by Crippen LogP contribution is -2.57. The second-order valence-electron chi connectivity index (χ2n) is 5.61. The average Bonchev–Trinajstić information content (AvgIpc) is 2.42. The zero-order chi connectivity index (χ0) is 13.9. The van der Waals surface area contributed by atoms with Gasteiger partial charge in [-0.15, -0.1) is 0 Å². The predicted octanol–water partition coefficient (Wildman–Crippen LogP) is 0.841. The fourth-order valence-corrected chi connectivity index (χ4v) is 3.76. The van der Waals surface area contributed by atoms with Crippen LogP contribution in [0.25, 0.3) is 0 Å². The van der Waals surface area contributed by atoms with Gasteiger partial charge in [-0.25, -0.2) is 0 Å². The molecule has 0 aromatic rings. The van der Waals surface area contributed by atoms with Gasteiger partial charge in [-0.3, -0.25) is 9.59 Å².